The van der Waals surface area contributed by atoms with E-state index in [1.807, 2.05) is 75.4 Å². The Hall–Kier alpha value is -4.15. The van der Waals surface area contributed by atoms with Gasteiger partial charge in [-0.05, 0) is 73.9 Å². The average molecular weight is 721 g/mol. The van der Waals surface area contributed by atoms with Crippen LogP contribution >= 0.6 is 46.6 Å². The topological polar surface area (TPSA) is 90.3 Å². The molecule has 0 bridgehead atoms. The van der Waals surface area contributed by atoms with Crippen LogP contribution in [0.2, 0.25) is 15.1 Å². The van der Waals surface area contributed by atoms with Crippen molar-refractivity contribution in [2.24, 2.45) is 0 Å². The number of hydrogen-bond acceptors (Lipinski definition) is 7. The molecule has 2 heterocycles. The van der Waals surface area contributed by atoms with Crippen LogP contribution in [-0.4, -0.2) is 27.8 Å². The van der Waals surface area contributed by atoms with Crippen LogP contribution in [0.4, 0.5) is 11.6 Å². The summed E-state index contributed by atoms with van der Waals surface area (Å²) in [5, 5.41) is 13.5. The summed E-state index contributed by atoms with van der Waals surface area (Å²) in [7, 11) is 1.57. The van der Waals surface area contributed by atoms with Gasteiger partial charge in [-0.1, -0.05) is 94.6 Å². The molecule has 4 aromatic carbocycles. The van der Waals surface area contributed by atoms with Crippen LogP contribution in [0.5, 0.6) is 11.5 Å². The number of hydrogen-bond donors (Lipinski definition) is 2. The summed E-state index contributed by atoms with van der Waals surface area (Å²) in [6.45, 7) is 5.99. The molecule has 2 N–H and O–H groups in total. The lowest BCUT2D eigenvalue weighted by molar-refractivity contribution is -0.113. The number of carbonyl (C=O) groups excluding carboxylic acids is 1. The number of halogens is 3. The number of carbonyl (C=O) groups is 1. The Morgan fingerprint density at radius 3 is 2.42 bits per heavy atom. The van der Waals surface area contributed by atoms with Crippen LogP contribution < -0.4 is 20.1 Å². The van der Waals surface area contributed by atoms with Gasteiger partial charge in [0.05, 0.1) is 12.7 Å². The van der Waals surface area contributed by atoms with Crippen LogP contribution in [0.25, 0.3) is 0 Å². The maximum absolute atomic E-state index is 14.1. The number of methoxy groups -OCH3 is 1. The number of allylic oxidation sites excluding steroid dienone is 1. The van der Waals surface area contributed by atoms with Gasteiger partial charge in [-0.2, -0.15) is 4.98 Å². The van der Waals surface area contributed by atoms with Crippen molar-refractivity contribution in [2.75, 3.05) is 17.7 Å². The van der Waals surface area contributed by atoms with E-state index in [-0.39, 0.29) is 12.5 Å². The SMILES string of the molecule is COc1cc(C2C(C(=O)Nc3ccc(C)cc3C)=C(C)Nc3nc(SCc4ccccc4Cl)nn32)ccc1OCc1c(Cl)cccc1Cl. The molecular formula is C36H32Cl3N5O3S. The smallest absolute Gasteiger partial charge is 0.255 e. The highest BCUT2D eigenvalue weighted by Gasteiger charge is 2.35. The molecule has 1 atom stereocenters. The fraction of sp³-hybridized carbons (Fsp3) is 0.194. The molecule has 1 aromatic heterocycles. The van der Waals surface area contributed by atoms with Gasteiger partial charge in [0.25, 0.3) is 5.91 Å². The second-order valence-corrected chi connectivity index (χ2v) is 13.4. The lowest BCUT2D eigenvalue weighted by Gasteiger charge is -2.29. The van der Waals surface area contributed by atoms with E-state index >= 15 is 0 Å². The van der Waals surface area contributed by atoms with Crippen molar-refractivity contribution in [3.63, 3.8) is 0 Å². The molecule has 0 spiro atoms. The summed E-state index contributed by atoms with van der Waals surface area (Å²) in [6, 6.07) is 23.8. The molecule has 5 aromatic rings. The zero-order valence-electron chi connectivity index (χ0n) is 26.6. The second-order valence-electron chi connectivity index (χ2n) is 11.3. The van der Waals surface area contributed by atoms with Gasteiger partial charge in [-0.15, -0.1) is 5.10 Å². The number of fused-ring (bicyclic) bond motifs is 1. The molecule has 0 aliphatic carbocycles. The number of benzene rings is 4. The van der Waals surface area contributed by atoms with E-state index in [0.29, 0.717) is 60.3 Å². The Morgan fingerprint density at radius 2 is 1.69 bits per heavy atom. The summed E-state index contributed by atoms with van der Waals surface area (Å²) in [6.07, 6.45) is 0. The minimum absolute atomic E-state index is 0.142. The molecule has 0 fully saturated rings. The predicted octanol–water partition coefficient (Wildman–Crippen LogP) is 9.66. The lowest BCUT2D eigenvalue weighted by atomic mass is 9.94. The van der Waals surface area contributed by atoms with Gasteiger partial charge in [-0.25, -0.2) is 4.68 Å². The third kappa shape index (κ3) is 7.15. The van der Waals surface area contributed by atoms with E-state index in [2.05, 4.69) is 10.6 Å². The lowest BCUT2D eigenvalue weighted by Crippen LogP contribution is -2.31. The van der Waals surface area contributed by atoms with Gasteiger partial charge in [-0.3, -0.25) is 4.79 Å². The van der Waals surface area contributed by atoms with E-state index in [0.717, 1.165) is 27.9 Å². The fourth-order valence-corrected chi connectivity index (χ4v) is 7.11. The van der Waals surface area contributed by atoms with Gasteiger partial charge >= 0.3 is 0 Å². The third-order valence-electron chi connectivity index (χ3n) is 7.96. The number of anilines is 2. The Morgan fingerprint density at radius 1 is 0.938 bits per heavy atom. The van der Waals surface area contributed by atoms with Crippen LogP contribution in [0.1, 0.15) is 40.8 Å². The number of nitrogens with one attached hydrogen (secondary N) is 2. The van der Waals surface area contributed by atoms with Crippen molar-refractivity contribution in [1.82, 2.24) is 14.8 Å². The molecule has 6 rings (SSSR count). The van der Waals surface area contributed by atoms with Gasteiger partial charge < -0.3 is 20.1 Å². The number of amides is 1. The van der Waals surface area contributed by atoms with E-state index < -0.39 is 6.04 Å². The molecule has 1 aliphatic rings. The molecule has 12 heteroatoms. The first-order chi connectivity index (χ1) is 23.1. The van der Waals surface area contributed by atoms with Crippen LogP contribution in [0, 0.1) is 13.8 Å². The Bertz CT molecular complexity index is 2030. The van der Waals surface area contributed by atoms with Crippen LogP contribution in [0.15, 0.2) is 95.3 Å². The van der Waals surface area contributed by atoms with Crippen molar-refractivity contribution in [3.05, 3.63) is 133 Å². The summed E-state index contributed by atoms with van der Waals surface area (Å²) in [5.41, 5.74) is 6.32. The van der Waals surface area contributed by atoms with Gasteiger partial charge in [0.1, 0.15) is 12.6 Å². The molecule has 0 saturated carbocycles. The third-order valence-corrected chi connectivity index (χ3v) is 9.92. The largest absolute Gasteiger partial charge is 0.493 e. The number of aryl methyl sites for hydroxylation is 2. The summed E-state index contributed by atoms with van der Waals surface area (Å²) in [4.78, 5) is 18.9. The highest BCUT2D eigenvalue weighted by molar-refractivity contribution is 7.98. The minimum Gasteiger partial charge on any atom is -0.493 e. The molecule has 1 aliphatic heterocycles. The van der Waals surface area contributed by atoms with Crippen molar-refractivity contribution in [3.8, 4) is 11.5 Å². The highest BCUT2D eigenvalue weighted by atomic mass is 35.5. The monoisotopic (exact) mass is 719 g/mol. The molecular weight excluding hydrogens is 689 g/mol. The van der Waals surface area contributed by atoms with Crippen molar-refractivity contribution in [1.29, 1.82) is 0 Å². The number of nitrogens with zero attached hydrogens (tertiary/aromatic N) is 3. The van der Waals surface area contributed by atoms with Gasteiger partial charge in [0.2, 0.25) is 11.1 Å². The molecule has 0 saturated heterocycles. The van der Waals surface area contributed by atoms with Gasteiger partial charge in [0, 0.05) is 37.8 Å². The van der Waals surface area contributed by atoms with Crippen molar-refractivity contribution >= 4 is 64.1 Å². The fourth-order valence-electron chi connectivity index (χ4n) is 5.49. The molecule has 8 nitrogen and oxygen atoms in total. The zero-order valence-corrected chi connectivity index (χ0v) is 29.7. The standard InChI is InChI=1S/C36H32Cl3N5O3S/c1-20-12-14-29(21(2)16-20)41-34(45)32-22(3)40-35-42-36(48-19-24-8-5-6-9-26(24)37)43-44(35)33(32)23-13-15-30(31(17-23)46-4)47-18-25-27(38)10-7-11-28(25)39/h5-17,33H,18-19H2,1-4H3,(H,41,45)(H,40,42,43). The maximum Gasteiger partial charge on any atom is 0.255 e. The predicted molar refractivity (Wildman–Crippen MR) is 194 cm³/mol. The molecule has 48 heavy (non-hydrogen) atoms. The van der Waals surface area contributed by atoms with E-state index in [1.54, 1.807) is 36.1 Å². The Labute approximate surface area is 298 Å². The number of rotatable bonds is 10. The first kappa shape index (κ1) is 33.7. The number of ether oxygens (including phenoxy) is 2. The quantitative estimate of drug-likeness (QED) is 0.139. The average Bonchev–Trinajstić information content (AvgIpc) is 3.47. The van der Waals surface area contributed by atoms with Crippen molar-refractivity contribution < 1.29 is 14.3 Å². The summed E-state index contributed by atoms with van der Waals surface area (Å²) < 4.78 is 13.6. The van der Waals surface area contributed by atoms with E-state index in [4.69, 9.17) is 54.4 Å². The first-order valence-corrected chi connectivity index (χ1v) is 17.2. The normalized spacial score (nSPS) is 13.9. The molecule has 246 valence electrons. The number of aromatic nitrogens is 3. The summed E-state index contributed by atoms with van der Waals surface area (Å²) in [5.74, 6) is 1.78. The second kappa shape index (κ2) is 14.5. The molecule has 0 radical (unpaired) electrons. The number of thioether (sulfide) groups is 1. The van der Waals surface area contributed by atoms with Crippen molar-refractivity contribution in [2.45, 2.75) is 44.3 Å². The van der Waals surface area contributed by atoms with E-state index in [1.165, 1.54) is 11.8 Å². The first-order valence-electron chi connectivity index (χ1n) is 15.1. The van der Waals surface area contributed by atoms with E-state index in [9.17, 15) is 4.79 Å². The van der Waals surface area contributed by atoms with Crippen LogP contribution in [-0.2, 0) is 17.2 Å². The molecule has 1 amide bonds. The zero-order chi connectivity index (χ0) is 33.9. The van der Waals surface area contributed by atoms with Gasteiger partial charge in [0.15, 0.2) is 11.5 Å². The molecule has 1 unspecified atom stereocenters. The Balaban J connectivity index is 1.36. The summed E-state index contributed by atoms with van der Waals surface area (Å²) >= 11 is 20.6. The maximum atomic E-state index is 14.1. The minimum atomic E-state index is -0.643. The Kier molecular flexibility index (Phi) is 10.2. The van der Waals surface area contributed by atoms with Crippen LogP contribution in [0.3, 0.4) is 0 Å². The highest BCUT2D eigenvalue weighted by Crippen LogP contribution is 2.41.